The highest BCUT2D eigenvalue weighted by Crippen LogP contribution is 2.34. The van der Waals surface area contributed by atoms with E-state index in [-0.39, 0.29) is 0 Å². The minimum Gasteiger partial charge on any atom is -0.492 e. The third kappa shape index (κ3) is 2.00. The minimum atomic E-state index is 0.740. The molecule has 2 rings (SSSR count). The van der Waals surface area contributed by atoms with E-state index < -0.39 is 0 Å². The third-order valence-corrected chi connectivity index (χ3v) is 3.07. The van der Waals surface area contributed by atoms with Crippen LogP contribution in [0.3, 0.4) is 0 Å². The Bertz CT molecular complexity index is 472. The predicted octanol–water partition coefficient (Wildman–Crippen LogP) is 4.36. The van der Waals surface area contributed by atoms with Crippen molar-refractivity contribution in [1.82, 2.24) is 0 Å². The fraction of sp³-hybridized carbons (Fsp3) is 0.286. The summed E-state index contributed by atoms with van der Waals surface area (Å²) in [6.45, 7) is 8.82. The number of benzene rings is 1. The molecule has 84 valence electrons. The maximum Gasteiger partial charge on any atom is 0.130 e. The number of allylic oxidation sites excluding steroid dienone is 1. The standard InChI is InChI=1S/C14H15ClO/c1-9(2)12-6-7-16-14(12)13-8-11(15)5-4-10(13)3/h4-5,8H,1,6-7H2,2-3H3. The highest BCUT2D eigenvalue weighted by Gasteiger charge is 2.19. The van der Waals surface area contributed by atoms with Gasteiger partial charge in [0.2, 0.25) is 0 Å². The van der Waals surface area contributed by atoms with Gasteiger partial charge in [0.05, 0.1) is 6.61 Å². The fourth-order valence-corrected chi connectivity index (χ4v) is 2.11. The number of hydrogen-bond donors (Lipinski definition) is 0. The second-order valence-electron chi connectivity index (χ2n) is 4.15. The second kappa shape index (κ2) is 4.34. The summed E-state index contributed by atoms with van der Waals surface area (Å²) < 4.78 is 5.71. The zero-order valence-electron chi connectivity index (χ0n) is 9.64. The van der Waals surface area contributed by atoms with E-state index in [9.17, 15) is 0 Å². The van der Waals surface area contributed by atoms with Crippen molar-refractivity contribution in [3.63, 3.8) is 0 Å². The van der Waals surface area contributed by atoms with Gasteiger partial charge < -0.3 is 4.74 Å². The second-order valence-corrected chi connectivity index (χ2v) is 4.58. The Morgan fingerprint density at radius 2 is 2.19 bits per heavy atom. The van der Waals surface area contributed by atoms with Gasteiger partial charge in [0.15, 0.2) is 0 Å². The lowest BCUT2D eigenvalue weighted by Gasteiger charge is -2.10. The van der Waals surface area contributed by atoms with Crippen LogP contribution < -0.4 is 0 Å². The molecule has 1 aromatic rings. The Morgan fingerprint density at radius 1 is 1.44 bits per heavy atom. The van der Waals surface area contributed by atoms with Gasteiger partial charge in [-0.3, -0.25) is 0 Å². The van der Waals surface area contributed by atoms with E-state index in [1.165, 1.54) is 11.1 Å². The third-order valence-electron chi connectivity index (χ3n) is 2.83. The van der Waals surface area contributed by atoms with Crippen LogP contribution in [0.1, 0.15) is 24.5 Å². The van der Waals surface area contributed by atoms with E-state index in [1.807, 2.05) is 25.1 Å². The first-order valence-corrected chi connectivity index (χ1v) is 5.75. The minimum absolute atomic E-state index is 0.740. The Labute approximate surface area is 101 Å². The van der Waals surface area contributed by atoms with Crippen molar-refractivity contribution in [2.75, 3.05) is 6.61 Å². The van der Waals surface area contributed by atoms with Crippen LogP contribution in [0.15, 0.2) is 35.9 Å². The van der Waals surface area contributed by atoms with Crippen LogP contribution in [0.2, 0.25) is 5.02 Å². The first-order chi connectivity index (χ1) is 7.59. The molecule has 0 saturated carbocycles. The molecule has 0 N–H and O–H groups in total. The predicted molar refractivity (Wildman–Crippen MR) is 68.5 cm³/mol. The van der Waals surface area contributed by atoms with Crippen molar-refractivity contribution in [3.8, 4) is 0 Å². The lowest BCUT2D eigenvalue weighted by molar-refractivity contribution is 0.307. The summed E-state index contributed by atoms with van der Waals surface area (Å²) in [7, 11) is 0. The Balaban J connectivity index is 2.55. The largest absolute Gasteiger partial charge is 0.492 e. The zero-order chi connectivity index (χ0) is 11.7. The summed E-state index contributed by atoms with van der Waals surface area (Å²) in [5.41, 5.74) is 4.56. The number of ether oxygens (including phenoxy) is 1. The smallest absolute Gasteiger partial charge is 0.130 e. The molecular formula is C14H15ClO. The SMILES string of the molecule is C=C(C)C1=C(c2cc(Cl)ccc2C)OCC1. The summed E-state index contributed by atoms with van der Waals surface area (Å²) in [6, 6.07) is 5.87. The van der Waals surface area contributed by atoms with Gasteiger partial charge in [-0.25, -0.2) is 0 Å². The zero-order valence-corrected chi connectivity index (χ0v) is 10.4. The van der Waals surface area contributed by atoms with Gasteiger partial charge in [-0.1, -0.05) is 29.8 Å². The summed E-state index contributed by atoms with van der Waals surface area (Å²) in [6.07, 6.45) is 0.941. The molecule has 2 heteroatoms. The molecule has 1 nitrogen and oxygen atoms in total. The van der Waals surface area contributed by atoms with Gasteiger partial charge in [-0.05, 0) is 31.5 Å². The van der Waals surface area contributed by atoms with E-state index >= 15 is 0 Å². The molecule has 0 saturated heterocycles. The molecule has 0 amide bonds. The Hall–Kier alpha value is -1.21. The number of rotatable bonds is 2. The van der Waals surface area contributed by atoms with Crippen molar-refractivity contribution >= 4 is 17.4 Å². The molecule has 0 aromatic heterocycles. The van der Waals surface area contributed by atoms with Crippen LogP contribution in [0.25, 0.3) is 5.76 Å². The van der Waals surface area contributed by atoms with E-state index in [1.54, 1.807) is 0 Å². The van der Waals surface area contributed by atoms with Crippen molar-refractivity contribution in [1.29, 1.82) is 0 Å². The molecule has 0 fully saturated rings. The summed E-state index contributed by atoms with van der Waals surface area (Å²) in [5, 5.41) is 0.740. The quantitative estimate of drug-likeness (QED) is 0.739. The average molecular weight is 235 g/mol. The molecule has 1 heterocycles. The Kier molecular flexibility index (Phi) is 3.06. The van der Waals surface area contributed by atoms with Crippen LogP contribution in [-0.2, 0) is 4.74 Å². The van der Waals surface area contributed by atoms with Crippen LogP contribution in [0.4, 0.5) is 0 Å². The molecule has 0 bridgehead atoms. The number of aryl methyl sites for hydroxylation is 1. The van der Waals surface area contributed by atoms with Gasteiger partial charge in [0, 0.05) is 22.6 Å². The van der Waals surface area contributed by atoms with E-state index in [4.69, 9.17) is 16.3 Å². The van der Waals surface area contributed by atoms with E-state index in [0.29, 0.717) is 0 Å². The summed E-state index contributed by atoms with van der Waals surface area (Å²) >= 11 is 6.02. The molecule has 1 aliphatic rings. The lowest BCUT2D eigenvalue weighted by atomic mass is 10.00. The van der Waals surface area contributed by atoms with Crippen LogP contribution in [0, 0.1) is 6.92 Å². The van der Waals surface area contributed by atoms with E-state index in [0.717, 1.165) is 34.9 Å². The normalized spacial score (nSPS) is 15.2. The maximum atomic E-state index is 6.02. The number of hydrogen-bond acceptors (Lipinski definition) is 1. The summed E-state index contributed by atoms with van der Waals surface area (Å²) in [4.78, 5) is 0. The van der Waals surface area contributed by atoms with Crippen molar-refractivity contribution in [3.05, 3.63) is 52.1 Å². The van der Waals surface area contributed by atoms with E-state index in [2.05, 4.69) is 13.5 Å². The molecule has 16 heavy (non-hydrogen) atoms. The van der Waals surface area contributed by atoms with Crippen molar-refractivity contribution in [2.45, 2.75) is 20.3 Å². The molecule has 0 atom stereocenters. The van der Waals surface area contributed by atoms with Crippen LogP contribution in [-0.4, -0.2) is 6.61 Å². The number of halogens is 1. The molecule has 1 aliphatic heterocycles. The average Bonchev–Trinajstić information content (AvgIpc) is 2.70. The van der Waals surface area contributed by atoms with Crippen LogP contribution in [0.5, 0.6) is 0 Å². The van der Waals surface area contributed by atoms with Gasteiger partial charge in [-0.15, -0.1) is 0 Å². The molecule has 0 radical (unpaired) electrons. The Morgan fingerprint density at radius 3 is 2.88 bits per heavy atom. The van der Waals surface area contributed by atoms with Gasteiger partial charge in [0.1, 0.15) is 5.76 Å². The highest BCUT2D eigenvalue weighted by molar-refractivity contribution is 6.30. The first kappa shape index (κ1) is 11.3. The first-order valence-electron chi connectivity index (χ1n) is 5.38. The van der Waals surface area contributed by atoms with Crippen molar-refractivity contribution < 1.29 is 4.74 Å². The molecule has 0 aliphatic carbocycles. The lowest BCUT2D eigenvalue weighted by Crippen LogP contribution is -1.92. The highest BCUT2D eigenvalue weighted by atomic mass is 35.5. The van der Waals surface area contributed by atoms with Gasteiger partial charge in [-0.2, -0.15) is 0 Å². The van der Waals surface area contributed by atoms with Crippen molar-refractivity contribution in [2.24, 2.45) is 0 Å². The molecule has 0 unspecified atom stereocenters. The maximum absolute atomic E-state index is 6.02. The topological polar surface area (TPSA) is 9.23 Å². The summed E-state index contributed by atoms with van der Waals surface area (Å²) in [5.74, 6) is 0.951. The molecule has 1 aromatic carbocycles. The molecule has 0 spiro atoms. The monoisotopic (exact) mass is 234 g/mol. The molecular weight excluding hydrogens is 220 g/mol. The van der Waals surface area contributed by atoms with Crippen LogP contribution >= 0.6 is 11.6 Å². The van der Waals surface area contributed by atoms with Gasteiger partial charge in [0.25, 0.3) is 0 Å². The van der Waals surface area contributed by atoms with Gasteiger partial charge >= 0.3 is 0 Å². The fourth-order valence-electron chi connectivity index (χ4n) is 1.94.